The molecule has 2 rings (SSSR count). The molecule has 2 N–H and O–H groups in total. The number of nitrogen functional groups attached to an aromatic ring is 1. The summed E-state index contributed by atoms with van der Waals surface area (Å²) in [5.41, 5.74) is 6.74. The van der Waals surface area contributed by atoms with Gasteiger partial charge in [-0.05, 0) is 37.1 Å². The number of sulfone groups is 2. The Bertz CT molecular complexity index is 657. The Morgan fingerprint density at radius 3 is 2.44 bits per heavy atom. The normalized spacial score (nSPS) is 23.1. The fourth-order valence-corrected chi connectivity index (χ4v) is 6.63. The second kappa shape index (κ2) is 4.24. The molecule has 1 fully saturated rings. The van der Waals surface area contributed by atoms with Gasteiger partial charge in [0.1, 0.15) is 0 Å². The van der Waals surface area contributed by atoms with Gasteiger partial charge in [0.25, 0.3) is 0 Å². The van der Waals surface area contributed by atoms with Gasteiger partial charge in [-0.2, -0.15) is 0 Å². The summed E-state index contributed by atoms with van der Waals surface area (Å²) in [5.74, 6) is -0.346. The first kappa shape index (κ1) is 13.4. The Hall–Kier alpha value is -1.08. The average molecular weight is 289 g/mol. The lowest BCUT2D eigenvalue weighted by Crippen LogP contribution is -2.22. The summed E-state index contributed by atoms with van der Waals surface area (Å²) in [6, 6.07) is 4.58. The van der Waals surface area contributed by atoms with Gasteiger partial charge in [0.15, 0.2) is 19.7 Å². The van der Waals surface area contributed by atoms with Crippen LogP contribution >= 0.6 is 0 Å². The number of anilines is 1. The van der Waals surface area contributed by atoms with Crippen molar-refractivity contribution in [2.45, 2.75) is 23.5 Å². The highest BCUT2D eigenvalue weighted by Gasteiger charge is 2.38. The molecule has 0 spiro atoms. The van der Waals surface area contributed by atoms with Crippen LogP contribution < -0.4 is 5.73 Å². The van der Waals surface area contributed by atoms with Crippen molar-refractivity contribution in [3.63, 3.8) is 0 Å². The minimum Gasteiger partial charge on any atom is -0.399 e. The maximum absolute atomic E-state index is 12.3. The van der Waals surface area contributed by atoms with E-state index < -0.39 is 24.9 Å². The van der Waals surface area contributed by atoms with Gasteiger partial charge in [-0.15, -0.1) is 0 Å². The Kier molecular flexibility index (Phi) is 3.14. The summed E-state index contributed by atoms with van der Waals surface area (Å²) in [6.45, 7) is 1.75. The van der Waals surface area contributed by atoms with Gasteiger partial charge >= 0.3 is 0 Å². The lowest BCUT2D eigenvalue weighted by molar-refractivity contribution is 0.582. The van der Waals surface area contributed by atoms with Gasteiger partial charge in [0.05, 0.1) is 21.7 Å². The van der Waals surface area contributed by atoms with E-state index in [1.807, 2.05) is 0 Å². The van der Waals surface area contributed by atoms with Crippen molar-refractivity contribution >= 4 is 25.4 Å². The quantitative estimate of drug-likeness (QED) is 0.802. The highest BCUT2D eigenvalue weighted by molar-refractivity contribution is 7.96. The van der Waals surface area contributed by atoms with E-state index in [4.69, 9.17) is 5.73 Å². The third-order valence-electron chi connectivity index (χ3n) is 3.03. The molecule has 1 aliphatic heterocycles. The zero-order valence-corrected chi connectivity index (χ0v) is 11.6. The van der Waals surface area contributed by atoms with Crippen LogP contribution in [0, 0.1) is 6.92 Å². The van der Waals surface area contributed by atoms with Crippen molar-refractivity contribution in [3.8, 4) is 0 Å². The van der Waals surface area contributed by atoms with Crippen molar-refractivity contribution in [1.29, 1.82) is 0 Å². The molecular weight excluding hydrogens is 274 g/mol. The first-order valence-corrected chi connectivity index (χ1v) is 8.89. The minimum atomic E-state index is -3.61. The average Bonchev–Trinajstić information content (AvgIpc) is 2.58. The van der Waals surface area contributed by atoms with Crippen molar-refractivity contribution in [1.82, 2.24) is 0 Å². The SMILES string of the molecule is Cc1cc(N)cc(S(=O)(=O)C2CCS(=O)(=O)C2)c1. The topological polar surface area (TPSA) is 94.3 Å². The van der Waals surface area contributed by atoms with E-state index in [-0.39, 0.29) is 22.8 Å². The Balaban J connectivity index is 2.43. The minimum absolute atomic E-state index is 0.0573. The van der Waals surface area contributed by atoms with E-state index in [0.717, 1.165) is 5.56 Å². The summed E-state index contributed by atoms with van der Waals surface area (Å²) in [4.78, 5) is 0.113. The van der Waals surface area contributed by atoms with Gasteiger partial charge < -0.3 is 5.73 Å². The number of hydrogen-bond acceptors (Lipinski definition) is 5. The molecule has 0 radical (unpaired) electrons. The molecule has 7 heteroatoms. The van der Waals surface area contributed by atoms with Crippen LogP contribution in [0.3, 0.4) is 0 Å². The Morgan fingerprint density at radius 1 is 1.28 bits per heavy atom. The van der Waals surface area contributed by atoms with E-state index in [0.29, 0.717) is 5.69 Å². The van der Waals surface area contributed by atoms with E-state index >= 15 is 0 Å². The van der Waals surface area contributed by atoms with Crippen molar-refractivity contribution < 1.29 is 16.8 Å². The standard InChI is InChI=1S/C11H15NO4S2/c1-8-4-9(12)6-11(5-8)18(15,16)10-2-3-17(13,14)7-10/h4-6,10H,2-3,7,12H2,1H3. The molecule has 18 heavy (non-hydrogen) atoms. The molecule has 1 aromatic carbocycles. The van der Waals surface area contributed by atoms with E-state index in [1.54, 1.807) is 13.0 Å². The van der Waals surface area contributed by atoms with E-state index in [9.17, 15) is 16.8 Å². The highest BCUT2D eigenvalue weighted by atomic mass is 32.2. The van der Waals surface area contributed by atoms with E-state index in [1.165, 1.54) is 12.1 Å². The summed E-state index contributed by atoms with van der Waals surface area (Å²) < 4.78 is 47.3. The zero-order chi connectivity index (χ0) is 13.6. The monoisotopic (exact) mass is 289 g/mol. The molecule has 1 heterocycles. The number of nitrogens with two attached hydrogens (primary N) is 1. The van der Waals surface area contributed by atoms with Crippen LogP contribution in [0.2, 0.25) is 0 Å². The van der Waals surface area contributed by atoms with Crippen LogP contribution in [0.25, 0.3) is 0 Å². The molecule has 1 saturated heterocycles. The van der Waals surface area contributed by atoms with E-state index in [2.05, 4.69) is 0 Å². The first-order valence-electron chi connectivity index (χ1n) is 5.52. The van der Waals surface area contributed by atoms with Crippen LogP contribution in [0.15, 0.2) is 23.1 Å². The molecule has 1 unspecified atom stereocenters. The van der Waals surface area contributed by atoms with Crippen LogP contribution in [-0.4, -0.2) is 33.6 Å². The molecule has 1 aliphatic rings. The number of hydrogen-bond donors (Lipinski definition) is 1. The van der Waals surface area contributed by atoms with Crippen LogP contribution in [-0.2, 0) is 19.7 Å². The molecule has 1 aromatic rings. The molecule has 0 bridgehead atoms. The van der Waals surface area contributed by atoms with Gasteiger partial charge in [-0.3, -0.25) is 0 Å². The van der Waals surface area contributed by atoms with Crippen molar-refractivity contribution in [3.05, 3.63) is 23.8 Å². The molecule has 0 aliphatic carbocycles. The lowest BCUT2D eigenvalue weighted by Gasteiger charge is -2.11. The molecule has 0 amide bonds. The number of aryl methyl sites for hydroxylation is 1. The Morgan fingerprint density at radius 2 is 1.94 bits per heavy atom. The van der Waals surface area contributed by atoms with Gasteiger partial charge in [0, 0.05) is 5.69 Å². The fraction of sp³-hybridized carbons (Fsp3) is 0.455. The summed E-state index contributed by atoms with van der Waals surface area (Å²) >= 11 is 0. The maximum Gasteiger partial charge on any atom is 0.182 e. The smallest absolute Gasteiger partial charge is 0.182 e. The third kappa shape index (κ3) is 2.51. The maximum atomic E-state index is 12.3. The molecule has 1 atom stereocenters. The summed E-state index contributed by atoms with van der Waals surface area (Å²) in [7, 11) is -6.83. The second-order valence-electron chi connectivity index (χ2n) is 4.65. The van der Waals surface area contributed by atoms with Crippen molar-refractivity contribution in [2.75, 3.05) is 17.2 Å². The molecule has 0 aromatic heterocycles. The molecule has 5 nitrogen and oxygen atoms in total. The first-order chi connectivity index (χ1) is 8.21. The summed E-state index contributed by atoms with van der Waals surface area (Å²) in [6.07, 6.45) is 0.165. The van der Waals surface area contributed by atoms with Crippen LogP contribution in [0.1, 0.15) is 12.0 Å². The largest absolute Gasteiger partial charge is 0.399 e. The highest BCUT2D eigenvalue weighted by Crippen LogP contribution is 2.27. The number of rotatable bonds is 2. The molecule has 0 saturated carbocycles. The fourth-order valence-electron chi connectivity index (χ4n) is 2.14. The van der Waals surface area contributed by atoms with Crippen LogP contribution in [0.5, 0.6) is 0 Å². The van der Waals surface area contributed by atoms with Gasteiger partial charge in [-0.25, -0.2) is 16.8 Å². The lowest BCUT2D eigenvalue weighted by atomic mass is 10.2. The summed E-state index contributed by atoms with van der Waals surface area (Å²) in [5, 5.41) is -0.844. The van der Waals surface area contributed by atoms with Gasteiger partial charge in [0.2, 0.25) is 0 Å². The Labute approximate surface area is 107 Å². The van der Waals surface area contributed by atoms with Crippen LogP contribution in [0.4, 0.5) is 5.69 Å². The van der Waals surface area contributed by atoms with Gasteiger partial charge in [-0.1, -0.05) is 0 Å². The predicted octanol–water partition coefficient (Wildman–Crippen LogP) is 0.538. The number of benzene rings is 1. The van der Waals surface area contributed by atoms with Crippen molar-refractivity contribution in [2.24, 2.45) is 0 Å². The predicted molar refractivity (Wildman–Crippen MR) is 69.8 cm³/mol. The zero-order valence-electron chi connectivity index (χ0n) is 9.96. The molecule has 100 valence electrons. The molecular formula is C11H15NO4S2. The third-order valence-corrected chi connectivity index (χ3v) is 7.18. The second-order valence-corrected chi connectivity index (χ2v) is 9.11.